The first-order chi connectivity index (χ1) is 9.66. The van der Waals surface area contributed by atoms with Crippen molar-refractivity contribution < 1.29 is 14.6 Å². The molecule has 0 fully saturated rings. The van der Waals surface area contributed by atoms with Gasteiger partial charge in [0.25, 0.3) is 5.69 Å². The number of rotatable bonds is 4. The third-order valence-electron chi connectivity index (χ3n) is 2.45. The summed E-state index contributed by atoms with van der Waals surface area (Å²) in [6.45, 7) is 0. The Kier molecular flexibility index (Phi) is 4.18. The minimum atomic E-state index is -0.566. The van der Waals surface area contributed by atoms with E-state index in [1.807, 2.05) is 0 Å². The number of oxime groups is 1. The van der Waals surface area contributed by atoms with Crippen LogP contribution < -0.4 is 0 Å². The number of nitro groups is 1. The summed E-state index contributed by atoms with van der Waals surface area (Å²) >= 11 is 0. The Hall–Kier alpha value is -3.02. The highest BCUT2D eigenvalue weighted by Crippen LogP contribution is 2.10. The zero-order valence-corrected chi connectivity index (χ0v) is 10.3. The second-order valence-corrected chi connectivity index (χ2v) is 3.83. The lowest BCUT2D eigenvalue weighted by Gasteiger charge is -1.97. The molecule has 0 spiro atoms. The van der Waals surface area contributed by atoms with Gasteiger partial charge in [-0.2, -0.15) is 0 Å². The Balaban J connectivity index is 1.96. The fourth-order valence-electron chi connectivity index (χ4n) is 1.44. The number of non-ortho nitro benzene ring substituents is 1. The van der Waals surface area contributed by atoms with E-state index in [1.165, 1.54) is 30.5 Å². The van der Waals surface area contributed by atoms with Gasteiger partial charge in [0.1, 0.15) is 0 Å². The van der Waals surface area contributed by atoms with Gasteiger partial charge < -0.3 is 4.84 Å². The second-order valence-electron chi connectivity index (χ2n) is 3.83. The third kappa shape index (κ3) is 3.49. The summed E-state index contributed by atoms with van der Waals surface area (Å²) in [6, 6.07) is 14.2. The molecule has 0 saturated carbocycles. The molecule has 2 rings (SSSR count). The van der Waals surface area contributed by atoms with Gasteiger partial charge in [0.2, 0.25) is 0 Å². The number of hydrogen-bond donors (Lipinski definition) is 0. The van der Waals surface area contributed by atoms with Crippen molar-refractivity contribution in [2.24, 2.45) is 5.16 Å². The molecule has 0 aliphatic rings. The van der Waals surface area contributed by atoms with Crippen molar-refractivity contribution in [2.45, 2.75) is 0 Å². The molecule has 2 aromatic rings. The molecule has 0 unspecified atom stereocenters. The minimum absolute atomic E-state index is 0.0107. The van der Waals surface area contributed by atoms with Gasteiger partial charge in [-0.25, -0.2) is 4.79 Å². The number of nitrogens with zero attached hydrogens (tertiary/aromatic N) is 2. The van der Waals surface area contributed by atoms with Crippen molar-refractivity contribution in [1.82, 2.24) is 0 Å². The lowest BCUT2D eigenvalue weighted by atomic mass is 10.2. The van der Waals surface area contributed by atoms with Gasteiger partial charge in [0.05, 0.1) is 16.7 Å². The van der Waals surface area contributed by atoms with E-state index in [2.05, 4.69) is 5.16 Å². The van der Waals surface area contributed by atoms with Crippen LogP contribution >= 0.6 is 0 Å². The third-order valence-corrected chi connectivity index (χ3v) is 2.45. The van der Waals surface area contributed by atoms with Crippen LogP contribution in [0, 0.1) is 10.1 Å². The Morgan fingerprint density at radius 2 is 1.75 bits per heavy atom. The summed E-state index contributed by atoms with van der Waals surface area (Å²) in [4.78, 5) is 26.2. The highest BCUT2D eigenvalue weighted by molar-refractivity contribution is 5.90. The smallest absolute Gasteiger partial charge is 0.313 e. The molecule has 6 nitrogen and oxygen atoms in total. The van der Waals surface area contributed by atoms with Gasteiger partial charge in [-0.15, -0.1) is 0 Å². The predicted molar refractivity (Wildman–Crippen MR) is 72.5 cm³/mol. The zero-order chi connectivity index (χ0) is 14.4. The van der Waals surface area contributed by atoms with Crippen LogP contribution in [0.2, 0.25) is 0 Å². The molecule has 2 aromatic carbocycles. The molecule has 6 heteroatoms. The van der Waals surface area contributed by atoms with Crippen molar-refractivity contribution in [3.05, 3.63) is 75.8 Å². The van der Waals surface area contributed by atoms with Gasteiger partial charge in [0, 0.05) is 12.1 Å². The topological polar surface area (TPSA) is 81.8 Å². The van der Waals surface area contributed by atoms with E-state index < -0.39 is 10.9 Å². The monoisotopic (exact) mass is 270 g/mol. The van der Waals surface area contributed by atoms with Crippen molar-refractivity contribution >= 4 is 17.9 Å². The van der Waals surface area contributed by atoms with Gasteiger partial charge >= 0.3 is 5.97 Å². The lowest BCUT2D eigenvalue weighted by Crippen LogP contribution is -2.00. The van der Waals surface area contributed by atoms with E-state index in [0.29, 0.717) is 11.1 Å². The molecule has 0 bridgehead atoms. The maximum atomic E-state index is 11.6. The molecule has 0 atom stereocenters. The maximum Gasteiger partial charge on any atom is 0.365 e. The molecular weight excluding hydrogens is 260 g/mol. The molecule has 0 radical (unpaired) electrons. The molecule has 0 aliphatic heterocycles. The molecule has 20 heavy (non-hydrogen) atoms. The zero-order valence-electron chi connectivity index (χ0n) is 10.3. The fourth-order valence-corrected chi connectivity index (χ4v) is 1.44. The van der Waals surface area contributed by atoms with Crippen LogP contribution in [0.4, 0.5) is 5.69 Å². The Morgan fingerprint density at radius 3 is 2.35 bits per heavy atom. The van der Waals surface area contributed by atoms with Crippen LogP contribution in [-0.4, -0.2) is 17.1 Å². The van der Waals surface area contributed by atoms with Crippen molar-refractivity contribution in [1.29, 1.82) is 0 Å². The Morgan fingerprint density at radius 1 is 1.10 bits per heavy atom. The SMILES string of the molecule is O=C(O/N=C\c1ccc([N+](=O)[O-])cc1)c1ccccc1. The fraction of sp³-hybridized carbons (Fsp3) is 0. The lowest BCUT2D eigenvalue weighted by molar-refractivity contribution is -0.384. The van der Waals surface area contributed by atoms with Crippen molar-refractivity contribution in [3.8, 4) is 0 Å². The first kappa shape index (κ1) is 13.4. The van der Waals surface area contributed by atoms with Gasteiger partial charge in [-0.3, -0.25) is 10.1 Å². The molecular formula is C14H10N2O4. The van der Waals surface area contributed by atoms with E-state index in [0.717, 1.165) is 0 Å². The highest BCUT2D eigenvalue weighted by atomic mass is 16.7. The van der Waals surface area contributed by atoms with Crippen molar-refractivity contribution in [2.75, 3.05) is 0 Å². The largest absolute Gasteiger partial charge is 0.365 e. The minimum Gasteiger partial charge on any atom is -0.313 e. The van der Waals surface area contributed by atoms with E-state index >= 15 is 0 Å². The second kappa shape index (κ2) is 6.24. The highest BCUT2D eigenvalue weighted by Gasteiger charge is 2.05. The van der Waals surface area contributed by atoms with Gasteiger partial charge in [-0.05, 0) is 29.8 Å². The van der Waals surface area contributed by atoms with Crippen molar-refractivity contribution in [3.63, 3.8) is 0 Å². The average Bonchev–Trinajstić information content (AvgIpc) is 2.48. The molecule has 0 saturated heterocycles. The van der Waals surface area contributed by atoms with Crippen LogP contribution in [0.1, 0.15) is 15.9 Å². The predicted octanol–water partition coefficient (Wildman–Crippen LogP) is 2.79. The summed E-state index contributed by atoms with van der Waals surface area (Å²) < 4.78 is 0. The molecule has 0 heterocycles. The molecule has 0 aliphatic carbocycles. The standard InChI is InChI=1S/C14H10N2O4/c17-14(12-4-2-1-3-5-12)20-15-10-11-6-8-13(9-7-11)16(18)19/h1-10H/b15-10-. The summed E-state index contributed by atoms with van der Waals surface area (Å²) in [6.07, 6.45) is 1.31. The normalized spacial score (nSPS) is 10.4. The molecule has 100 valence electrons. The molecule has 0 N–H and O–H groups in total. The average molecular weight is 270 g/mol. The summed E-state index contributed by atoms with van der Waals surface area (Å²) in [5.74, 6) is -0.566. The number of nitro benzene ring substituents is 1. The first-order valence-corrected chi connectivity index (χ1v) is 5.71. The van der Waals surface area contributed by atoms with Crippen LogP contribution in [-0.2, 0) is 4.84 Å². The maximum absolute atomic E-state index is 11.6. The molecule has 0 aromatic heterocycles. The van der Waals surface area contributed by atoms with E-state index in [9.17, 15) is 14.9 Å². The van der Waals surface area contributed by atoms with E-state index in [1.54, 1.807) is 30.3 Å². The van der Waals surface area contributed by atoms with Gasteiger partial charge in [0.15, 0.2) is 0 Å². The Bertz CT molecular complexity index is 636. The summed E-state index contributed by atoms with van der Waals surface area (Å²) in [7, 11) is 0. The number of carbonyl (C=O) groups is 1. The quantitative estimate of drug-likeness (QED) is 0.370. The number of benzene rings is 2. The van der Waals surface area contributed by atoms with E-state index in [-0.39, 0.29) is 5.69 Å². The first-order valence-electron chi connectivity index (χ1n) is 5.71. The van der Waals surface area contributed by atoms with Crippen LogP contribution in [0.25, 0.3) is 0 Å². The number of carbonyl (C=O) groups excluding carboxylic acids is 1. The summed E-state index contributed by atoms with van der Waals surface area (Å²) in [5, 5.41) is 14.0. The molecule has 0 amide bonds. The van der Waals surface area contributed by atoms with E-state index in [4.69, 9.17) is 4.84 Å². The summed E-state index contributed by atoms with van der Waals surface area (Å²) in [5.41, 5.74) is 0.980. The van der Waals surface area contributed by atoms with Gasteiger partial charge in [-0.1, -0.05) is 23.4 Å². The number of hydrogen-bond acceptors (Lipinski definition) is 5. The van der Waals surface area contributed by atoms with Crippen LogP contribution in [0.3, 0.4) is 0 Å². The van der Waals surface area contributed by atoms with Crippen LogP contribution in [0.15, 0.2) is 59.8 Å². The van der Waals surface area contributed by atoms with Crippen LogP contribution in [0.5, 0.6) is 0 Å². The Labute approximate surface area is 114 Å².